The molecule has 3 rings (SSSR count). The summed E-state index contributed by atoms with van der Waals surface area (Å²) in [6.07, 6.45) is 0. The molecule has 0 spiro atoms. The summed E-state index contributed by atoms with van der Waals surface area (Å²) in [5, 5.41) is 3.04. The molecule has 2 aromatic carbocycles. The highest BCUT2D eigenvalue weighted by Crippen LogP contribution is 2.22. The number of fused-ring (bicyclic) bond motifs is 1. The number of methoxy groups -OCH3 is 2. The third-order valence-electron chi connectivity index (χ3n) is 3.84. The van der Waals surface area contributed by atoms with Gasteiger partial charge in [-0.3, -0.25) is 4.79 Å². The highest BCUT2D eigenvalue weighted by atomic mass is 19.1. The highest BCUT2D eigenvalue weighted by molar-refractivity contribution is 6.04. The number of benzene rings is 2. The number of hydrogen-bond donors (Lipinski definition) is 1. The first-order valence-electron chi connectivity index (χ1n) is 7.76. The van der Waals surface area contributed by atoms with Crippen molar-refractivity contribution < 1.29 is 27.8 Å². The van der Waals surface area contributed by atoms with E-state index in [1.54, 1.807) is 24.3 Å². The zero-order chi connectivity index (χ0) is 19.6. The van der Waals surface area contributed by atoms with Gasteiger partial charge in [-0.25, -0.2) is 18.6 Å². The second kappa shape index (κ2) is 7.36. The third-order valence-corrected chi connectivity index (χ3v) is 3.84. The molecular formula is C19H14F2N2O4. The molecule has 0 aliphatic rings. The van der Waals surface area contributed by atoms with Crippen molar-refractivity contribution in [3.63, 3.8) is 0 Å². The molecule has 1 amide bonds. The lowest BCUT2D eigenvalue weighted by molar-refractivity contribution is 0.0595. The maximum absolute atomic E-state index is 14.0. The van der Waals surface area contributed by atoms with Crippen molar-refractivity contribution in [2.24, 2.45) is 0 Å². The van der Waals surface area contributed by atoms with E-state index < -0.39 is 29.1 Å². The van der Waals surface area contributed by atoms with E-state index in [1.807, 2.05) is 0 Å². The van der Waals surface area contributed by atoms with Gasteiger partial charge in [0, 0.05) is 11.5 Å². The Morgan fingerprint density at radius 3 is 2.48 bits per heavy atom. The number of aromatic nitrogens is 1. The van der Waals surface area contributed by atoms with Crippen molar-refractivity contribution in [1.82, 2.24) is 4.98 Å². The van der Waals surface area contributed by atoms with E-state index in [9.17, 15) is 18.4 Å². The van der Waals surface area contributed by atoms with Crippen LogP contribution in [0.3, 0.4) is 0 Å². The Hall–Kier alpha value is -3.55. The van der Waals surface area contributed by atoms with E-state index in [-0.39, 0.29) is 11.4 Å². The number of halogens is 2. The summed E-state index contributed by atoms with van der Waals surface area (Å²) in [6, 6.07) is 9.63. The number of nitrogens with one attached hydrogen (secondary N) is 1. The van der Waals surface area contributed by atoms with Crippen LogP contribution in [0.15, 0.2) is 42.5 Å². The Bertz CT molecular complexity index is 1050. The number of anilines is 1. The quantitative estimate of drug-likeness (QED) is 0.709. The largest absolute Gasteiger partial charge is 0.497 e. The maximum atomic E-state index is 14.0. The molecule has 1 N–H and O–H groups in total. The van der Waals surface area contributed by atoms with Gasteiger partial charge in [-0.1, -0.05) is 6.07 Å². The molecule has 0 saturated heterocycles. The van der Waals surface area contributed by atoms with Crippen LogP contribution in [-0.2, 0) is 4.74 Å². The van der Waals surface area contributed by atoms with E-state index in [4.69, 9.17) is 4.74 Å². The molecule has 0 aliphatic carbocycles. The first-order valence-corrected chi connectivity index (χ1v) is 7.76. The number of ether oxygens (including phenoxy) is 2. The van der Waals surface area contributed by atoms with Gasteiger partial charge in [-0.15, -0.1) is 0 Å². The molecule has 0 bridgehead atoms. The van der Waals surface area contributed by atoms with Crippen LogP contribution in [0, 0.1) is 11.6 Å². The smallest absolute Gasteiger partial charge is 0.340 e. The van der Waals surface area contributed by atoms with Crippen molar-refractivity contribution in [1.29, 1.82) is 0 Å². The molecule has 1 heterocycles. The van der Waals surface area contributed by atoms with Gasteiger partial charge in [-0.05, 0) is 30.3 Å². The van der Waals surface area contributed by atoms with E-state index in [2.05, 4.69) is 15.0 Å². The zero-order valence-electron chi connectivity index (χ0n) is 14.4. The topological polar surface area (TPSA) is 77.5 Å². The Kier molecular flexibility index (Phi) is 4.98. The highest BCUT2D eigenvalue weighted by Gasteiger charge is 2.19. The van der Waals surface area contributed by atoms with Crippen molar-refractivity contribution in [3.05, 3.63) is 65.4 Å². The summed E-state index contributed by atoms with van der Waals surface area (Å²) >= 11 is 0. The van der Waals surface area contributed by atoms with E-state index >= 15 is 0 Å². The molecule has 0 radical (unpaired) electrons. The maximum Gasteiger partial charge on any atom is 0.340 e. The first kappa shape index (κ1) is 18.2. The molecule has 0 unspecified atom stereocenters. The fraction of sp³-hybridized carbons (Fsp3) is 0.105. The number of pyridine rings is 1. The van der Waals surface area contributed by atoms with Crippen LogP contribution >= 0.6 is 0 Å². The predicted octanol–water partition coefficient (Wildman–Crippen LogP) is 3.56. The van der Waals surface area contributed by atoms with Gasteiger partial charge in [0.25, 0.3) is 5.91 Å². The van der Waals surface area contributed by atoms with E-state index in [0.29, 0.717) is 17.3 Å². The molecule has 3 aromatic rings. The van der Waals surface area contributed by atoms with Gasteiger partial charge < -0.3 is 14.8 Å². The average Bonchev–Trinajstić information content (AvgIpc) is 2.68. The van der Waals surface area contributed by atoms with Crippen LogP contribution in [0.1, 0.15) is 20.8 Å². The van der Waals surface area contributed by atoms with Crippen LogP contribution in [0.25, 0.3) is 10.9 Å². The molecule has 8 heteroatoms. The Labute approximate surface area is 152 Å². The molecule has 0 saturated carbocycles. The fourth-order valence-corrected chi connectivity index (χ4v) is 2.45. The number of rotatable bonds is 4. The predicted molar refractivity (Wildman–Crippen MR) is 93.9 cm³/mol. The summed E-state index contributed by atoms with van der Waals surface area (Å²) in [7, 11) is 2.60. The van der Waals surface area contributed by atoms with Gasteiger partial charge in [0.1, 0.15) is 23.1 Å². The summed E-state index contributed by atoms with van der Waals surface area (Å²) in [6.45, 7) is 0. The molecular weight excluding hydrogens is 358 g/mol. The number of carbonyl (C=O) groups is 2. The Morgan fingerprint density at radius 1 is 1.00 bits per heavy atom. The molecule has 6 nitrogen and oxygen atoms in total. The zero-order valence-corrected chi connectivity index (χ0v) is 14.4. The summed E-state index contributed by atoms with van der Waals surface area (Å²) in [5.74, 6) is -3.17. The van der Waals surface area contributed by atoms with Gasteiger partial charge in [0.05, 0.1) is 31.0 Å². The standard InChI is InChI=1S/C19H14F2N2O4/c1-26-11-4-6-15-10(7-11)3-5-16(22-15)18(24)23-17-8-12(19(25)27-2)13(20)9-14(17)21/h3-9H,1-2H3,(H,23,24). The SMILES string of the molecule is COC(=O)c1cc(NC(=O)c2ccc3cc(OC)ccc3n2)c(F)cc1F. The van der Waals surface area contributed by atoms with Crippen LogP contribution in [-0.4, -0.2) is 31.1 Å². The van der Waals surface area contributed by atoms with Gasteiger partial charge >= 0.3 is 5.97 Å². The average molecular weight is 372 g/mol. The molecule has 0 fully saturated rings. The third kappa shape index (κ3) is 3.69. The Balaban J connectivity index is 1.91. The Morgan fingerprint density at radius 2 is 1.78 bits per heavy atom. The van der Waals surface area contributed by atoms with Gasteiger partial charge in [0.15, 0.2) is 0 Å². The molecule has 27 heavy (non-hydrogen) atoms. The van der Waals surface area contributed by atoms with Crippen molar-refractivity contribution in [2.45, 2.75) is 0 Å². The number of hydrogen-bond acceptors (Lipinski definition) is 5. The second-order valence-electron chi connectivity index (χ2n) is 5.51. The second-order valence-corrected chi connectivity index (χ2v) is 5.51. The lowest BCUT2D eigenvalue weighted by Gasteiger charge is -2.09. The van der Waals surface area contributed by atoms with E-state index in [1.165, 1.54) is 13.2 Å². The summed E-state index contributed by atoms with van der Waals surface area (Å²) in [5.41, 5.74) is -0.291. The van der Waals surface area contributed by atoms with Gasteiger partial charge in [0.2, 0.25) is 0 Å². The summed E-state index contributed by atoms with van der Waals surface area (Å²) in [4.78, 5) is 28.1. The molecule has 138 valence electrons. The number of amides is 1. The minimum absolute atomic E-state index is 0.0241. The van der Waals surface area contributed by atoms with Crippen molar-refractivity contribution in [2.75, 3.05) is 19.5 Å². The fourth-order valence-electron chi connectivity index (χ4n) is 2.45. The van der Waals surface area contributed by atoms with Crippen molar-refractivity contribution in [3.8, 4) is 5.75 Å². The van der Waals surface area contributed by atoms with Crippen LogP contribution < -0.4 is 10.1 Å². The normalized spacial score (nSPS) is 10.5. The number of nitrogens with zero attached hydrogens (tertiary/aromatic N) is 1. The first-order chi connectivity index (χ1) is 12.9. The monoisotopic (exact) mass is 372 g/mol. The van der Waals surface area contributed by atoms with Crippen LogP contribution in [0.2, 0.25) is 0 Å². The minimum Gasteiger partial charge on any atom is -0.497 e. The van der Waals surface area contributed by atoms with Gasteiger partial charge in [-0.2, -0.15) is 0 Å². The number of esters is 1. The van der Waals surface area contributed by atoms with Crippen LogP contribution in [0.4, 0.5) is 14.5 Å². The molecule has 0 atom stereocenters. The number of carbonyl (C=O) groups excluding carboxylic acids is 2. The molecule has 0 aliphatic heterocycles. The molecule has 1 aromatic heterocycles. The lowest BCUT2D eigenvalue weighted by atomic mass is 10.1. The van der Waals surface area contributed by atoms with Crippen LogP contribution in [0.5, 0.6) is 5.75 Å². The van der Waals surface area contributed by atoms with E-state index in [0.717, 1.165) is 18.6 Å². The summed E-state index contributed by atoms with van der Waals surface area (Å²) < 4.78 is 37.2. The minimum atomic E-state index is -1.09. The van der Waals surface area contributed by atoms with Crippen molar-refractivity contribution >= 4 is 28.5 Å². The lowest BCUT2D eigenvalue weighted by Crippen LogP contribution is -2.16.